The molecule has 17 heavy (non-hydrogen) atoms. The number of carboxylic acid groups (broad SMARTS) is 1. The van der Waals surface area contributed by atoms with Crippen molar-refractivity contribution in [3.05, 3.63) is 35.4 Å². The number of aliphatic carboxylic acids is 1. The van der Waals surface area contributed by atoms with Crippen LogP contribution in [0.4, 0.5) is 0 Å². The van der Waals surface area contributed by atoms with Crippen molar-refractivity contribution in [3.8, 4) is 0 Å². The number of carbonyl (C=O) groups is 1. The monoisotopic (exact) mass is 234 g/mol. The largest absolute Gasteiger partial charge is 0.481 e. The average Bonchev–Trinajstić information content (AvgIpc) is 2.82. The van der Waals surface area contributed by atoms with E-state index in [0.717, 1.165) is 18.7 Å². The fourth-order valence-corrected chi connectivity index (χ4v) is 2.26. The lowest BCUT2D eigenvalue weighted by atomic mass is 9.95. The normalized spacial score (nSPS) is 21.4. The predicted octanol–water partition coefficient (Wildman–Crippen LogP) is 1.24. The third-order valence-electron chi connectivity index (χ3n) is 3.29. The van der Waals surface area contributed by atoms with Gasteiger partial charge in [-0.25, -0.2) is 0 Å². The highest BCUT2D eigenvalue weighted by molar-refractivity contribution is 5.67. The molecule has 1 heterocycles. The van der Waals surface area contributed by atoms with Crippen LogP contribution in [-0.2, 0) is 4.79 Å². The van der Waals surface area contributed by atoms with Crippen molar-refractivity contribution in [1.82, 2.24) is 5.32 Å². The third kappa shape index (κ3) is 3.05. The van der Waals surface area contributed by atoms with Crippen molar-refractivity contribution in [1.29, 1.82) is 0 Å². The Balaban J connectivity index is 2.04. The van der Waals surface area contributed by atoms with Crippen LogP contribution in [0.3, 0.4) is 0 Å². The zero-order chi connectivity index (χ0) is 12.3. The minimum Gasteiger partial charge on any atom is -0.481 e. The van der Waals surface area contributed by atoms with Gasteiger partial charge in [-0.2, -0.15) is 0 Å². The SMILES string of the molecule is NC(CC(=O)O)c1ccc(C2CCNC2)cc1. The van der Waals surface area contributed by atoms with Gasteiger partial charge in [-0.1, -0.05) is 24.3 Å². The summed E-state index contributed by atoms with van der Waals surface area (Å²) in [6.45, 7) is 2.10. The van der Waals surface area contributed by atoms with Gasteiger partial charge in [-0.3, -0.25) is 4.79 Å². The smallest absolute Gasteiger partial charge is 0.305 e. The van der Waals surface area contributed by atoms with Crippen LogP contribution < -0.4 is 11.1 Å². The van der Waals surface area contributed by atoms with Gasteiger partial charge in [0.2, 0.25) is 0 Å². The van der Waals surface area contributed by atoms with Gasteiger partial charge in [0.1, 0.15) is 0 Å². The first kappa shape index (κ1) is 12.1. The molecule has 2 unspecified atom stereocenters. The van der Waals surface area contributed by atoms with Crippen LogP contribution in [0.15, 0.2) is 24.3 Å². The molecule has 1 saturated heterocycles. The van der Waals surface area contributed by atoms with Crippen LogP contribution in [0.5, 0.6) is 0 Å². The Bertz CT molecular complexity index is 383. The Morgan fingerprint density at radius 2 is 2.18 bits per heavy atom. The molecule has 1 aromatic carbocycles. The molecule has 4 nitrogen and oxygen atoms in total. The maximum Gasteiger partial charge on any atom is 0.305 e. The molecule has 1 aliphatic heterocycles. The lowest BCUT2D eigenvalue weighted by Gasteiger charge is -2.12. The molecular formula is C13H18N2O2. The molecule has 0 aliphatic carbocycles. The fraction of sp³-hybridized carbons (Fsp3) is 0.462. The molecular weight excluding hydrogens is 216 g/mol. The second-order valence-corrected chi connectivity index (χ2v) is 4.56. The van der Waals surface area contributed by atoms with Gasteiger partial charge < -0.3 is 16.2 Å². The quantitative estimate of drug-likeness (QED) is 0.732. The van der Waals surface area contributed by atoms with E-state index in [9.17, 15) is 4.79 Å². The van der Waals surface area contributed by atoms with E-state index in [-0.39, 0.29) is 6.42 Å². The zero-order valence-corrected chi connectivity index (χ0v) is 9.73. The van der Waals surface area contributed by atoms with Gasteiger partial charge >= 0.3 is 5.97 Å². The van der Waals surface area contributed by atoms with Crippen LogP contribution in [-0.4, -0.2) is 24.2 Å². The van der Waals surface area contributed by atoms with E-state index < -0.39 is 12.0 Å². The maximum absolute atomic E-state index is 10.6. The summed E-state index contributed by atoms with van der Waals surface area (Å²) in [6, 6.07) is 7.61. The van der Waals surface area contributed by atoms with E-state index in [1.165, 1.54) is 12.0 Å². The molecule has 0 aromatic heterocycles. The molecule has 1 fully saturated rings. The summed E-state index contributed by atoms with van der Waals surface area (Å²) in [5, 5.41) is 12.0. The summed E-state index contributed by atoms with van der Waals surface area (Å²) >= 11 is 0. The molecule has 4 N–H and O–H groups in total. The van der Waals surface area contributed by atoms with Crippen molar-refractivity contribution in [2.24, 2.45) is 5.73 Å². The predicted molar refractivity (Wildman–Crippen MR) is 65.9 cm³/mol. The minimum atomic E-state index is -0.860. The van der Waals surface area contributed by atoms with E-state index in [2.05, 4.69) is 17.4 Å². The molecule has 0 saturated carbocycles. The maximum atomic E-state index is 10.6. The molecule has 0 radical (unpaired) electrons. The number of hydrogen-bond acceptors (Lipinski definition) is 3. The Hall–Kier alpha value is -1.39. The second kappa shape index (κ2) is 5.29. The van der Waals surface area contributed by atoms with Crippen LogP contribution >= 0.6 is 0 Å². The van der Waals surface area contributed by atoms with Gasteiger partial charge in [-0.15, -0.1) is 0 Å². The van der Waals surface area contributed by atoms with Gasteiger partial charge in [0.25, 0.3) is 0 Å². The highest BCUT2D eigenvalue weighted by Crippen LogP contribution is 2.24. The molecule has 92 valence electrons. The second-order valence-electron chi connectivity index (χ2n) is 4.56. The van der Waals surface area contributed by atoms with E-state index in [1.54, 1.807) is 0 Å². The number of rotatable bonds is 4. The van der Waals surface area contributed by atoms with E-state index in [1.807, 2.05) is 12.1 Å². The molecule has 2 rings (SSSR count). The Morgan fingerprint density at radius 3 is 2.71 bits per heavy atom. The van der Waals surface area contributed by atoms with Crippen molar-refractivity contribution in [3.63, 3.8) is 0 Å². The van der Waals surface area contributed by atoms with Crippen molar-refractivity contribution in [2.45, 2.75) is 24.8 Å². The first-order valence-corrected chi connectivity index (χ1v) is 5.95. The Kier molecular flexibility index (Phi) is 3.76. The van der Waals surface area contributed by atoms with Gasteiger partial charge in [0.15, 0.2) is 0 Å². The number of nitrogens with two attached hydrogens (primary N) is 1. The Morgan fingerprint density at radius 1 is 1.47 bits per heavy atom. The summed E-state index contributed by atoms with van der Waals surface area (Å²) in [6.07, 6.45) is 1.14. The van der Waals surface area contributed by atoms with Gasteiger partial charge in [-0.05, 0) is 30.0 Å². The summed E-state index contributed by atoms with van der Waals surface area (Å²) in [7, 11) is 0. The molecule has 4 heteroatoms. The summed E-state index contributed by atoms with van der Waals surface area (Å²) in [5.74, 6) is -0.277. The third-order valence-corrected chi connectivity index (χ3v) is 3.29. The lowest BCUT2D eigenvalue weighted by Crippen LogP contribution is -2.15. The lowest BCUT2D eigenvalue weighted by molar-refractivity contribution is -0.137. The molecule has 2 atom stereocenters. The number of benzene rings is 1. The van der Waals surface area contributed by atoms with Crippen LogP contribution in [0.25, 0.3) is 0 Å². The average molecular weight is 234 g/mol. The molecule has 0 bridgehead atoms. The fourth-order valence-electron chi connectivity index (χ4n) is 2.26. The standard InChI is InChI=1S/C13H18N2O2/c14-12(7-13(16)17)10-3-1-9(2-4-10)11-5-6-15-8-11/h1-4,11-12,15H,5-8,14H2,(H,16,17). The number of nitrogens with one attached hydrogen (secondary N) is 1. The van der Waals surface area contributed by atoms with Gasteiger partial charge in [0.05, 0.1) is 6.42 Å². The number of carboxylic acids is 1. The van der Waals surface area contributed by atoms with E-state index in [4.69, 9.17) is 10.8 Å². The highest BCUT2D eigenvalue weighted by atomic mass is 16.4. The number of hydrogen-bond donors (Lipinski definition) is 3. The van der Waals surface area contributed by atoms with Crippen LogP contribution in [0, 0.1) is 0 Å². The molecule has 0 spiro atoms. The van der Waals surface area contributed by atoms with Crippen molar-refractivity contribution in [2.75, 3.05) is 13.1 Å². The van der Waals surface area contributed by atoms with Gasteiger partial charge in [0, 0.05) is 12.6 Å². The Labute approximate surface area is 101 Å². The molecule has 1 aromatic rings. The van der Waals surface area contributed by atoms with Crippen LogP contribution in [0.1, 0.15) is 35.9 Å². The van der Waals surface area contributed by atoms with E-state index in [0.29, 0.717) is 5.92 Å². The first-order valence-electron chi connectivity index (χ1n) is 5.95. The highest BCUT2D eigenvalue weighted by Gasteiger charge is 2.17. The van der Waals surface area contributed by atoms with E-state index >= 15 is 0 Å². The summed E-state index contributed by atoms with van der Waals surface area (Å²) in [5.41, 5.74) is 8.00. The first-order chi connectivity index (χ1) is 8.16. The molecule has 1 aliphatic rings. The summed E-state index contributed by atoms with van der Waals surface area (Å²) < 4.78 is 0. The minimum absolute atomic E-state index is 0.0235. The van der Waals surface area contributed by atoms with Crippen molar-refractivity contribution < 1.29 is 9.90 Å². The topological polar surface area (TPSA) is 75.4 Å². The zero-order valence-electron chi connectivity index (χ0n) is 9.73. The van der Waals surface area contributed by atoms with Crippen LogP contribution in [0.2, 0.25) is 0 Å². The summed E-state index contributed by atoms with van der Waals surface area (Å²) in [4.78, 5) is 10.6. The molecule has 0 amide bonds. The van der Waals surface area contributed by atoms with Crippen molar-refractivity contribution >= 4 is 5.97 Å².